The van der Waals surface area contributed by atoms with Gasteiger partial charge >= 0.3 is 0 Å². The lowest BCUT2D eigenvalue weighted by atomic mass is 10.0. The highest BCUT2D eigenvalue weighted by atomic mass is 35.5. The van der Waals surface area contributed by atoms with Gasteiger partial charge in [0.1, 0.15) is 0 Å². The molecular formula is C16H20Cl2N2O. The van der Waals surface area contributed by atoms with Crippen molar-refractivity contribution in [3.8, 4) is 0 Å². The van der Waals surface area contributed by atoms with E-state index in [1.807, 2.05) is 23.7 Å². The summed E-state index contributed by atoms with van der Waals surface area (Å²) in [5.41, 5.74) is 3.93. The Labute approximate surface area is 135 Å². The zero-order valence-electron chi connectivity index (χ0n) is 12.5. The van der Waals surface area contributed by atoms with Crippen LogP contribution in [0, 0.1) is 0 Å². The molecule has 2 aromatic rings. The predicted molar refractivity (Wildman–Crippen MR) is 87.2 cm³/mol. The molecule has 0 saturated carbocycles. The predicted octanol–water partition coefficient (Wildman–Crippen LogP) is 4.42. The zero-order chi connectivity index (χ0) is 15.6. The Morgan fingerprint density at radius 2 is 1.95 bits per heavy atom. The van der Waals surface area contributed by atoms with Gasteiger partial charge < -0.3 is 5.11 Å². The maximum absolute atomic E-state index is 10.0. The molecule has 1 aromatic heterocycles. The molecule has 5 heteroatoms. The van der Waals surface area contributed by atoms with Crippen LogP contribution in [0.5, 0.6) is 0 Å². The highest BCUT2D eigenvalue weighted by Gasteiger charge is 2.19. The van der Waals surface area contributed by atoms with Gasteiger partial charge in [-0.2, -0.15) is 5.10 Å². The fraction of sp³-hybridized carbons (Fsp3) is 0.438. The SMILES string of the molecule is CCc1nn(Cc2ccc(Cl)cc2Cl)c(CC)c1C(C)O. The summed E-state index contributed by atoms with van der Waals surface area (Å²) < 4.78 is 1.94. The Hall–Kier alpha value is -1.03. The second-order valence-electron chi connectivity index (χ2n) is 5.08. The summed E-state index contributed by atoms with van der Waals surface area (Å²) in [7, 11) is 0. The molecule has 0 aliphatic heterocycles. The van der Waals surface area contributed by atoms with Crippen LogP contribution in [0.1, 0.15) is 49.4 Å². The number of hydrogen-bond acceptors (Lipinski definition) is 2. The average Bonchev–Trinajstić information content (AvgIpc) is 2.79. The van der Waals surface area contributed by atoms with Crippen molar-refractivity contribution in [3.63, 3.8) is 0 Å². The maximum Gasteiger partial charge on any atom is 0.0798 e. The van der Waals surface area contributed by atoms with Gasteiger partial charge in [0, 0.05) is 21.3 Å². The van der Waals surface area contributed by atoms with Crippen LogP contribution in [0.4, 0.5) is 0 Å². The average molecular weight is 327 g/mol. The van der Waals surface area contributed by atoms with Crippen molar-refractivity contribution in [1.29, 1.82) is 0 Å². The third kappa shape index (κ3) is 3.42. The van der Waals surface area contributed by atoms with Crippen molar-refractivity contribution >= 4 is 23.2 Å². The van der Waals surface area contributed by atoms with Gasteiger partial charge in [-0.15, -0.1) is 0 Å². The number of aryl methyl sites for hydroxylation is 1. The van der Waals surface area contributed by atoms with Crippen LogP contribution < -0.4 is 0 Å². The number of halogens is 2. The Bertz CT molecular complexity index is 635. The molecule has 0 bridgehead atoms. The molecule has 0 aliphatic rings. The van der Waals surface area contributed by atoms with E-state index < -0.39 is 6.10 Å². The van der Waals surface area contributed by atoms with Gasteiger partial charge in [-0.25, -0.2) is 0 Å². The fourth-order valence-corrected chi connectivity index (χ4v) is 3.09. The molecule has 114 valence electrons. The number of aliphatic hydroxyl groups is 1. The van der Waals surface area contributed by atoms with Crippen molar-refractivity contribution < 1.29 is 5.11 Å². The van der Waals surface area contributed by atoms with E-state index in [4.69, 9.17) is 23.2 Å². The van der Waals surface area contributed by atoms with Crippen LogP contribution in [-0.4, -0.2) is 14.9 Å². The van der Waals surface area contributed by atoms with E-state index in [2.05, 4.69) is 12.0 Å². The van der Waals surface area contributed by atoms with E-state index >= 15 is 0 Å². The van der Waals surface area contributed by atoms with E-state index in [0.29, 0.717) is 16.6 Å². The van der Waals surface area contributed by atoms with Crippen molar-refractivity contribution in [1.82, 2.24) is 9.78 Å². The lowest BCUT2D eigenvalue weighted by Gasteiger charge is -2.11. The van der Waals surface area contributed by atoms with Gasteiger partial charge in [-0.1, -0.05) is 43.1 Å². The van der Waals surface area contributed by atoms with Crippen LogP contribution in [0.25, 0.3) is 0 Å². The highest BCUT2D eigenvalue weighted by molar-refractivity contribution is 6.35. The molecular weight excluding hydrogens is 307 g/mol. The lowest BCUT2D eigenvalue weighted by Crippen LogP contribution is -2.08. The molecule has 1 atom stereocenters. The van der Waals surface area contributed by atoms with E-state index in [9.17, 15) is 5.11 Å². The minimum atomic E-state index is -0.510. The molecule has 3 nitrogen and oxygen atoms in total. The highest BCUT2D eigenvalue weighted by Crippen LogP contribution is 2.26. The minimum absolute atomic E-state index is 0.510. The zero-order valence-corrected chi connectivity index (χ0v) is 14.0. The van der Waals surface area contributed by atoms with Gasteiger partial charge in [-0.05, 0) is 37.5 Å². The van der Waals surface area contributed by atoms with Crippen molar-refractivity contribution in [2.75, 3.05) is 0 Å². The number of hydrogen-bond donors (Lipinski definition) is 1. The first-order valence-electron chi connectivity index (χ1n) is 7.18. The third-order valence-electron chi connectivity index (χ3n) is 3.60. The molecule has 0 spiro atoms. The lowest BCUT2D eigenvalue weighted by molar-refractivity contribution is 0.197. The van der Waals surface area contributed by atoms with Crippen LogP contribution in [-0.2, 0) is 19.4 Å². The summed E-state index contributed by atoms with van der Waals surface area (Å²) >= 11 is 12.2. The minimum Gasteiger partial charge on any atom is -0.389 e. The molecule has 0 amide bonds. The first-order valence-corrected chi connectivity index (χ1v) is 7.93. The third-order valence-corrected chi connectivity index (χ3v) is 4.18. The number of nitrogens with zero attached hydrogens (tertiary/aromatic N) is 2. The van der Waals surface area contributed by atoms with E-state index in [1.54, 1.807) is 13.0 Å². The molecule has 1 aromatic carbocycles. The quantitative estimate of drug-likeness (QED) is 0.883. The van der Waals surface area contributed by atoms with Crippen LogP contribution in [0.15, 0.2) is 18.2 Å². The van der Waals surface area contributed by atoms with Crippen LogP contribution in [0.3, 0.4) is 0 Å². The van der Waals surface area contributed by atoms with E-state index in [1.165, 1.54) is 0 Å². The normalized spacial score (nSPS) is 12.7. The summed E-state index contributed by atoms with van der Waals surface area (Å²) in [4.78, 5) is 0. The molecule has 0 aliphatic carbocycles. The van der Waals surface area contributed by atoms with Crippen molar-refractivity contribution in [3.05, 3.63) is 50.8 Å². The molecule has 0 saturated heterocycles. The van der Waals surface area contributed by atoms with Crippen LogP contribution >= 0.6 is 23.2 Å². The first kappa shape index (κ1) is 16.3. The Morgan fingerprint density at radius 3 is 2.48 bits per heavy atom. The van der Waals surface area contributed by atoms with Gasteiger partial charge in [0.15, 0.2) is 0 Å². The number of aliphatic hydroxyl groups excluding tert-OH is 1. The van der Waals surface area contributed by atoms with Crippen molar-refractivity contribution in [2.24, 2.45) is 0 Å². The summed E-state index contributed by atoms with van der Waals surface area (Å²) in [5, 5.41) is 15.9. The molecule has 1 N–H and O–H groups in total. The molecule has 0 fully saturated rings. The topological polar surface area (TPSA) is 38.0 Å². The molecule has 21 heavy (non-hydrogen) atoms. The summed E-state index contributed by atoms with van der Waals surface area (Å²) in [6.45, 7) is 6.49. The Kier molecular flexibility index (Phi) is 5.31. The van der Waals surface area contributed by atoms with E-state index in [0.717, 1.165) is 35.4 Å². The van der Waals surface area contributed by atoms with Gasteiger partial charge in [0.25, 0.3) is 0 Å². The molecule has 1 unspecified atom stereocenters. The summed E-state index contributed by atoms with van der Waals surface area (Å²) in [6, 6.07) is 5.48. The first-order chi connectivity index (χ1) is 9.97. The fourth-order valence-electron chi connectivity index (χ4n) is 2.62. The van der Waals surface area contributed by atoms with Gasteiger partial charge in [-0.3, -0.25) is 4.68 Å². The smallest absolute Gasteiger partial charge is 0.0798 e. The van der Waals surface area contributed by atoms with Crippen LogP contribution in [0.2, 0.25) is 10.0 Å². The molecule has 0 radical (unpaired) electrons. The largest absolute Gasteiger partial charge is 0.389 e. The number of rotatable bonds is 5. The van der Waals surface area contributed by atoms with Gasteiger partial charge in [0.2, 0.25) is 0 Å². The molecule has 1 heterocycles. The van der Waals surface area contributed by atoms with Crippen molar-refractivity contribution in [2.45, 2.75) is 46.3 Å². The monoisotopic (exact) mass is 326 g/mol. The molecule has 2 rings (SSSR count). The Morgan fingerprint density at radius 1 is 1.24 bits per heavy atom. The second kappa shape index (κ2) is 6.82. The standard InChI is InChI=1S/C16H20Cl2N2O/c1-4-14-16(10(3)21)15(5-2)20(19-14)9-11-6-7-12(17)8-13(11)18/h6-8,10,21H,4-5,9H2,1-3H3. The number of benzene rings is 1. The maximum atomic E-state index is 10.0. The Balaban J connectivity index is 2.44. The van der Waals surface area contributed by atoms with Gasteiger partial charge in [0.05, 0.1) is 18.3 Å². The number of aromatic nitrogens is 2. The second-order valence-corrected chi connectivity index (χ2v) is 5.93. The summed E-state index contributed by atoms with van der Waals surface area (Å²) in [6.07, 6.45) is 1.11. The van der Waals surface area contributed by atoms with E-state index in [-0.39, 0.29) is 0 Å². The summed E-state index contributed by atoms with van der Waals surface area (Å²) in [5.74, 6) is 0.